The minimum Gasteiger partial charge on any atom is -0.391 e. The van der Waals surface area contributed by atoms with Gasteiger partial charge in [0.15, 0.2) is 0 Å². The Labute approximate surface area is 247 Å². The van der Waals surface area contributed by atoms with Crippen LogP contribution in [0.15, 0.2) is 29.8 Å². The van der Waals surface area contributed by atoms with Gasteiger partial charge in [0.1, 0.15) is 29.5 Å². The molecule has 0 fully saturated rings. The molecule has 0 saturated heterocycles. The Morgan fingerprint density at radius 2 is 1.79 bits per heavy atom. The molecule has 0 aromatic heterocycles. The van der Waals surface area contributed by atoms with E-state index in [0.717, 1.165) is 0 Å². The summed E-state index contributed by atoms with van der Waals surface area (Å²) in [6, 6.07) is 3.82. The lowest BCUT2D eigenvalue weighted by molar-refractivity contribution is -0.137. The van der Waals surface area contributed by atoms with Crippen molar-refractivity contribution in [3.63, 3.8) is 0 Å². The zero-order valence-corrected chi connectivity index (χ0v) is 25.7. The summed E-state index contributed by atoms with van der Waals surface area (Å²) in [5.41, 5.74) is 0.113. The second-order valence-electron chi connectivity index (χ2n) is 11.6. The second-order valence-corrected chi connectivity index (χ2v) is 11.6. The predicted molar refractivity (Wildman–Crippen MR) is 155 cm³/mol. The minimum atomic E-state index is -1.36. The number of hydrogen-bond acceptors (Lipinski definition) is 7. The quantitative estimate of drug-likeness (QED) is 0.146. The molecular weight excluding hydrogens is 545 g/mol. The molecule has 0 unspecified atom stereocenters. The predicted octanol–water partition coefficient (Wildman–Crippen LogP) is 1.73. The molecule has 0 radical (unpaired) electrons. The maximum Gasteiger partial charge on any atom is 0.264 e. The first-order chi connectivity index (χ1) is 19.5. The number of amides is 4. The fourth-order valence-electron chi connectivity index (χ4n) is 3.51. The van der Waals surface area contributed by atoms with Gasteiger partial charge in [-0.05, 0) is 31.4 Å². The van der Waals surface area contributed by atoms with Crippen molar-refractivity contribution in [1.29, 1.82) is 5.26 Å². The first-order valence-electron chi connectivity index (χ1n) is 13.7. The van der Waals surface area contributed by atoms with E-state index in [1.54, 1.807) is 39.8 Å². The van der Waals surface area contributed by atoms with Gasteiger partial charge in [0.25, 0.3) is 5.91 Å². The van der Waals surface area contributed by atoms with Gasteiger partial charge in [-0.1, -0.05) is 52.8 Å². The molecule has 0 aliphatic rings. The first-order valence-corrected chi connectivity index (χ1v) is 13.7. The fourth-order valence-corrected chi connectivity index (χ4v) is 3.51. The number of rotatable bonds is 14. The highest BCUT2D eigenvalue weighted by Gasteiger charge is 2.33. The Morgan fingerprint density at radius 1 is 1.14 bits per heavy atom. The molecule has 4 N–H and O–H groups in total. The number of likely N-dealkylation sites (N-methyl/N-ethyl adjacent to an activating group) is 1. The minimum absolute atomic E-state index is 0.00169. The highest BCUT2D eigenvalue weighted by molar-refractivity contribution is 5.97. The summed E-state index contributed by atoms with van der Waals surface area (Å²) < 4.78 is 19.9. The van der Waals surface area contributed by atoms with Gasteiger partial charge in [0.05, 0.1) is 19.3 Å². The number of hydrogen-bond donors (Lipinski definition) is 4. The van der Waals surface area contributed by atoms with Crippen molar-refractivity contribution in [2.24, 2.45) is 11.3 Å². The van der Waals surface area contributed by atoms with E-state index in [9.17, 15) is 33.9 Å². The van der Waals surface area contributed by atoms with E-state index in [0.29, 0.717) is 5.56 Å². The lowest BCUT2D eigenvalue weighted by Crippen LogP contribution is -2.59. The number of allylic oxidation sites excluding steroid dienone is 1. The molecule has 0 aliphatic heterocycles. The Morgan fingerprint density at radius 3 is 2.31 bits per heavy atom. The largest absolute Gasteiger partial charge is 0.391 e. The van der Waals surface area contributed by atoms with Crippen LogP contribution in [0.5, 0.6) is 0 Å². The number of carbonyl (C=O) groups excluding carboxylic acids is 4. The maximum atomic E-state index is 14.3. The van der Waals surface area contributed by atoms with Crippen molar-refractivity contribution >= 4 is 23.6 Å². The number of halogens is 1. The van der Waals surface area contributed by atoms with Crippen LogP contribution in [-0.2, 0) is 30.5 Å². The average molecular weight is 590 g/mol. The van der Waals surface area contributed by atoms with Gasteiger partial charge in [-0.2, -0.15) is 5.26 Å². The Hall–Kier alpha value is -3.82. The first kappa shape index (κ1) is 36.2. The fraction of sp³-hybridized carbons (Fsp3) is 0.567. The molecular formula is C30H44FN5O6. The lowest BCUT2D eigenvalue weighted by Gasteiger charge is -2.27. The smallest absolute Gasteiger partial charge is 0.264 e. The summed E-state index contributed by atoms with van der Waals surface area (Å²) in [5, 5.41) is 27.0. The molecule has 0 spiro atoms. The molecule has 4 amide bonds. The van der Waals surface area contributed by atoms with Crippen LogP contribution in [0.3, 0.4) is 0 Å². The Kier molecular flexibility index (Phi) is 14.3. The normalized spacial score (nSPS) is 13.9. The molecule has 42 heavy (non-hydrogen) atoms. The van der Waals surface area contributed by atoms with Gasteiger partial charge in [0.2, 0.25) is 17.7 Å². The highest BCUT2D eigenvalue weighted by atomic mass is 19.1. The van der Waals surface area contributed by atoms with Crippen molar-refractivity contribution in [1.82, 2.24) is 20.9 Å². The van der Waals surface area contributed by atoms with Gasteiger partial charge in [-0.15, -0.1) is 0 Å². The van der Waals surface area contributed by atoms with Crippen LogP contribution in [0.2, 0.25) is 0 Å². The molecule has 0 bridgehead atoms. The number of aryl methyl sites for hydroxylation is 1. The van der Waals surface area contributed by atoms with Crippen LogP contribution in [0, 0.1) is 35.4 Å². The number of ether oxygens (including phenoxy) is 1. The van der Waals surface area contributed by atoms with Gasteiger partial charge < -0.3 is 30.7 Å². The van der Waals surface area contributed by atoms with Crippen molar-refractivity contribution in [2.45, 2.75) is 73.2 Å². The number of aliphatic hydroxyl groups excluding tert-OH is 1. The zero-order valence-electron chi connectivity index (χ0n) is 25.7. The average Bonchev–Trinajstić information content (AvgIpc) is 2.89. The molecule has 0 heterocycles. The molecule has 1 aromatic rings. The summed E-state index contributed by atoms with van der Waals surface area (Å²) >= 11 is 0. The summed E-state index contributed by atoms with van der Waals surface area (Å²) in [6.45, 7) is 11.3. The van der Waals surface area contributed by atoms with E-state index in [2.05, 4.69) is 16.0 Å². The zero-order chi connectivity index (χ0) is 32.2. The topological polar surface area (TPSA) is 161 Å². The van der Waals surface area contributed by atoms with Gasteiger partial charge >= 0.3 is 0 Å². The van der Waals surface area contributed by atoms with Gasteiger partial charge in [0, 0.05) is 31.1 Å². The highest BCUT2D eigenvalue weighted by Crippen LogP contribution is 2.14. The number of nitrogens with zero attached hydrogens (tertiary/aromatic N) is 2. The monoisotopic (exact) mass is 589 g/mol. The summed E-state index contributed by atoms with van der Waals surface area (Å²) in [4.78, 5) is 52.5. The Balaban J connectivity index is 3.00. The third-order valence-corrected chi connectivity index (χ3v) is 6.08. The lowest BCUT2D eigenvalue weighted by atomic mass is 9.94. The third kappa shape index (κ3) is 12.0. The van der Waals surface area contributed by atoms with Crippen molar-refractivity contribution in [3.8, 4) is 6.07 Å². The standard InChI is InChI=1S/C30H44FN5O6/c1-18(2)13-22(15-32)28(40)36(8)11-12-42-17-24(26(38)33-16-21-10-9-19(3)14-23(21)31)34-27(39)25(20(4)37)35-29(41)30(5,6)7/h9-10,13-14,18,20,24-25,37H,11-12,16-17H2,1-8H3,(H,33,38)(H,34,39)(H,35,41)/t20-,24+,25+/m1/s1. The number of benzene rings is 1. The van der Waals surface area contributed by atoms with E-state index in [1.807, 2.05) is 19.9 Å². The molecule has 0 aliphatic carbocycles. The number of nitrogens with one attached hydrogen (secondary N) is 3. The van der Waals surface area contributed by atoms with E-state index in [1.165, 1.54) is 31.0 Å². The van der Waals surface area contributed by atoms with Crippen molar-refractivity contribution in [2.75, 3.05) is 26.8 Å². The molecule has 1 aromatic carbocycles. The van der Waals surface area contributed by atoms with E-state index in [-0.39, 0.29) is 43.4 Å². The van der Waals surface area contributed by atoms with E-state index < -0.39 is 53.0 Å². The SMILES string of the molecule is Cc1ccc(CNC(=O)[C@H](COCCN(C)C(=O)C(C#N)=CC(C)C)NC(=O)[C@@H](NC(=O)C(C)(C)C)[C@@H](C)O)c(F)c1. The second kappa shape index (κ2) is 16.6. The molecule has 0 saturated carbocycles. The number of aliphatic hydroxyl groups is 1. The number of nitriles is 1. The maximum absolute atomic E-state index is 14.3. The van der Waals surface area contributed by atoms with Crippen molar-refractivity contribution in [3.05, 3.63) is 46.8 Å². The molecule has 3 atom stereocenters. The van der Waals surface area contributed by atoms with Gasteiger partial charge in [-0.3, -0.25) is 19.2 Å². The van der Waals surface area contributed by atoms with Crippen LogP contribution >= 0.6 is 0 Å². The molecule has 1 rings (SSSR count). The van der Waals surface area contributed by atoms with Crippen molar-refractivity contribution < 1.29 is 33.4 Å². The molecule has 12 heteroatoms. The Bertz CT molecular complexity index is 1190. The summed E-state index contributed by atoms with van der Waals surface area (Å²) in [6.07, 6.45) is 0.277. The molecule has 232 valence electrons. The van der Waals surface area contributed by atoms with Crippen LogP contribution in [0.4, 0.5) is 4.39 Å². The van der Waals surface area contributed by atoms with Gasteiger partial charge in [-0.25, -0.2) is 4.39 Å². The van der Waals surface area contributed by atoms with Crippen LogP contribution in [0.25, 0.3) is 0 Å². The summed E-state index contributed by atoms with van der Waals surface area (Å²) in [5.74, 6) is -2.97. The number of carbonyl (C=O) groups is 4. The van der Waals surface area contributed by atoms with Crippen LogP contribution in [-0.4, -0.2) is 78.6 Å². The summed E-state index contributed by atoms with van der Waals surface area (Å²) in [7, 11) is 1.50. The van der Waals surface area contributed by atoms with Crippen LogP contribution < -0.4 is 16.0 Å². The van der Waals surface area contributed by atoms with E-state index in [4.69, 9.17) is 4.74 Å². The van der Waals surface area contributed by atoms with E-state index >= 15 is 0 Å². The third-order valence-electron chi connectivity index (χ3n) is 6.08. The molecule has 11 nitrogen and oxygen atoms in total. The van der Waals surface area contributed by atoms with Crippen LogP contribution in [0.1, 0.15) is 52.7 Å².